The zero-order valence-electron chi connectivity index (χ0n) is 44.3. The van der Waals surface area contributed by atoms with Crippen molar-refractivity contribution in [1.82, 2.24) is 0 Å². The van der Waals surface area contributed by atoms with E-state index >= 15 is 0 Å². The van der Waals surface area contributed by atoms with E-state index in [1.807, 2.05) is 0 Å². The van der Waals surface area contributed by atoms with Crippen LogP contribution in [0.4, 0.5) is 0 Å². The Morgan fingerprint density at radius 2 is 1.27 bits per heavy atom. The van der Waals surface area contributed by atoms with Crippen LogP contribution >= 0.6 is 0 Å². The lowest BCUT2D eigenvalue weighted by Crippen LogP contribution is -2.66. The van der Waals surface area contributed by atoms with Crippen LogP contribution < -0.4 is 0 Å². The summed E-state index contributed by atoms with van der Waals surface area (Å²) in [5.41, 5.74) is -0.201. The van der Waals surface area contributed by atoms with Crippen molar-refractivity contribution in [2.75, 3.05) is 19.8 Å². The molecule has 0 radical (unpaired) electrons. The van der Waals surface area contributed by atoms with Gasteiger partial charge in [-0.25, -0.2) is 0 Å². The van der Waals surface area contributed by atoms with Crippen molar-refractivity contribution in [2.45, 2.75) is 247 Å². The van der Waals surface area contributed by atoms with E-state index < -0.39 is 153 Å². The Labute approximate surface area is 437 Å². The van der Waals surface area contributed by atoms with Crippen molar-refractivity contribution in [3.63, 3.8) is 0 Å². The van der Waals surface area contributed by atoms with Crippen LogP contribution in [0.5, 0.6) is 0 Å². The van der Waals surface area contributed by atoms with Gasteiger partial charge in [-0.2, -0.15) is 0 Å². The van der Waals surface area contributed by atoms with Gasteiger partial charge in [-0.15, -0.1) is 0 Å². The molecule has 29 atom stereocenters. The maximum atomic E-state index is 12.9. The van der Waals surface area contributed by atoms with Gasteiger partial charge in [0.1, 0.15) is 66.6 Å². The molecule has 6 saturated heterocycles. The second-order valence-electron chi connectivity index (χ2n) is 24.2. The standard InChI is InChI=1S/C53H82O22/c1-22-11-16-52(66-19-22)25(4)53(63)35(75-52)18-32-30-10-9-28-17-29(12-14-50(28,7)31(30)13-15-51(32,53)8)71-49-45(74-46-38(60)37(59)33(56)20-64-46)43(36(58)23(2)67-49)73-47-39(61)42(34(57)21-65-47)72-48-40(62)44(70-27(6)55)41(24(3)68-48)69-26(5)54/h9,22-25,29-49,56-63H,10-21H2,1-8H3/t22-,23-,24+,25-,29?,30?,31?,32?,33+,34+,35?,36+,37+,38-,39-,40-,41+,42+,43+,44+,45-,46-,47+,48+,49-,50+,51+,52?,53?/m1/s1. The highest BCUT2D eigenvalue weighted by Crippen LogP contribution is 2.72. The zero-order chi connectivity index (χ0) is 53.8. The Bertz CT molecular complexity index is 2090. The Morgan fingerprint density at radius 3 is 1.96 bits per heavy atom. The van der Waals surface area contributed by atoms with E-state index in [-0.39, 0.29) is 28.8 Å². The molecule has 75 heavy (non-hydrogen) atoms. The van der Waals surface area contributed by atoms with Gasteiger partial charge in [-0.1, -0.05) is 39.3 Å². The van der Waals surface area contributed by atoms with Gasteiger partial charge in [0.2, 0.25) is 0 Å². The average molecular weight is 1070 g/mol. The van der Waals surface area contributed by atoms with E-state index in [1.54, 1.807) is 6.92 Å². The molecule has 9 fully saturated rings. The molecule has 8 N–H and O–H groups in total. The number of ether oxygens (including phenoxy) is 12. The summed E-state index contributed by atoms with van der Waals surface area (Å²) in [6.07, 6.45) is -17.9. The highest BCUT2D eigenvalue weighted by molar-refractivity contribution is 5.67. The fourth-order valence-electron chi connectivity index (χ4n) is 15.5. The monoisotopic (exact) mass is 1070 g/mol. The zero-order valence-corrected chi connectivity index (χ0v) is 44.3. The van der Waals surface area contributed by atoms with Crippen LogP contribution in [0.3, 0.4) is 0 Å². The largest absolute Gasteiger partial charge is 0.456 e. The summed E-state index contributed by atoms with van der Waals surface area (Å²) in [6.45, 7) is 14.1. The minimum absolute atomic E-state index is 0.143. The van der Waals surface area contributed by atoms with Crippen LogP contribution in [0.2, 0.25) is 0 Å². The first-order valence-corrected chi connectivity index (χ1v) is 27.4. The molecule has 0 aromatic rings. The van der Waals surface area contributed by atoms with Crippen molar-refractivity contribution in [2.24, 2.45) is 40.4 Å². The first-order valence-electron chi connectivity index (χ1n) is 27.4. The third-order valence-electron chi connectivity index (χ3n) is 19.8. The van der Waals surface area contributed by atoms with Crippen LogP contribution in [0.15, 0.2) is 11.6 Å². The van der Waals surface area contributed by atoms with E-state index in [4.69, 9.17) is 56.8 Å². The Morgan fingerprint density at radius 1 is 0.627 bits per heavy atom. The van der Waals surface area contributed by atoms with Crippen molar-refractivity contribution < 1.29 is 107 Å². The fourth-order valence-corrected chi connectivity index (χ4v) is 15.5. The minimum atomic E-state index is -1.85. The molecule has 6 heterocycles. The lowest BCUT2D eigenvalue weighted by atomic mass is 9.46. The van der Waals surface area contributed by atoms with Crippen molar-refractivity contribution >= 4 is 11.9 Å². The lowest BCUT2D eigenvalue weighted by molar-refractivity contribution is -0.389. The summed E-state index contributed by atoms with van der Waals surface area (Å²) in [4.78, 5) is 24.0. The summed E-state index contributed by atoms with van der Waals surface area (Å²) in [6, 6.07) is 0. The molecular formula is C53H82O22. The normalized spacial score (nSPS) is 54.7. The molecule has 7 unspecified atom stereocenters. The van der Waals surface area contributed by atoms with Gasteiger partial charge in [0.05, 0.1) is 44.2 Å². The van der Waals surface area contributed by atoms with Gasteiger partial charge in [0.15, 0.2) is 43.2 Å². The van der Waals surface area contributed by atoms with E-state index in [2.05, 4.69) is 33.8 Å². The van der Waals surface area contributed by atoms with Crippen LogP contribution in [0.1, 0.15) is 113 Å². The Hall–Kier alpha value is -2.04. The van der Waals surface area contributed by atoms with E-state index in [1.165, 1.54) is 12.5 Å². The predicted octanol–water partition coefficient (Wildman–Crippen LogP) is 0.601. The summed E-state index contributed by atoms with van der Waals surface area (Å²) in [5, 5.41) is 91.1. The van der Waals surface area contributed by atoms with E-state index in [0.717, 1.165) is 58.8 Å². The molecule has 10 aliphatic rings. The topological polar surface area (TPSA) is 307 Å². The number of hydrogen-bond donors (Lipinski definition) is 8. The van der Waals surface area contributed by atoms with E-state index in [9.17, 15) is 50.4 Å². The van der Waals surface area contributed by atoms with Crippen molar-refractivity contribution in [1.29, 1.82) is 0 Å². The number of aliphatic hydroxyl groups is 8. The predicted molar refractivity (Wildman–Crippen MR) is 254 cm³/mol. The number of carbonyl (C=O) groups excluding carboxylic acids is 2. The highest BCUT2D eigenvalue weighted by atomic mass is 16.8. The quantitative estimate of drug-likeness (QED) is 0.110. The van der Waals surface area contributed by atoms with Gasteiger partial charge < -0.3 is 97.7 Å². The average Bonchev–Trinajstić information content (AvgIpc) is 3.85. The summed E-state index contributed by atoms with van der Waals surface area (Å²) < 4.78 is 73.2. The molecular weight excluding hydrogens is 989 g/mol. The molecule has 3 saturated carbocycles. The molecule has 6 aliphatic heterocycles. The molecule has 1 spiro atoms. The highest BCUT2D eigenvalue weighted by Gasteiger charge is 2.76. The Kier molecular flexibility index (Phi) is 15.8. The van der Waals surface area contributed by atoms with Crippen LogP contribution in [-0.2, 0) is 66.4 Å². The third-order valence-corrected chi connectivity index (χ3v) is 19.8. The lowest BCUT2D eigenvalue weighted by Gasteiger charge is -2.60. The molecule has 4 aliphatic carbocycles. The second kappa shape index (κ2) is 21.1. The second-order valence-corrected chi connectivity index (χ2v) is 24.2. The van der Waals surface area contributed by atoms with Gasteiger partial charge in [0, 0.05) is 31.6 Å². The number of carbonyl (C=O) groups is 2. The number of rotatable bonds is 10. The van der Waals surface area contributed by atoms with Crippen LogP contribution in [-0.4, -0.2) is 207 Å². The van der Waals surface area contributed by atoms with Gasteiger partial charge in [-0.3, -0.25) is 9.59 Å². The molecule has 22 nitrogen and oxygen atoms in total. The molecule has 0 bridgehead atoms. The van der Waals surface area contributed by atoms with Gasteiger partial charge in [-0.05, 0) is 94.3 Å². The minimum Gasteiger partial charge on any atom is -0.456 e. The maximum absolute atomic E-state index is 12.9. The number of hydrogen-bond acceptors (Lipinski definition) is 22. The van der Waals surface area contributed by atoms with Crippen LogP contribution in [0.25, 0.3) is 0 Å². The number of esters is 2. The smallest absolute Gasteiger partial charge is 0.303 e. The molecule has 0 amide bonds. The SMILES string of the molecule is CC(=O)O[C@@H]1[C@@H](OC(C)=O)[C@@H](O)[C@H](O[C@@H]2[C@@H](O)[C@H](O[C@H]3[C@@H](O)[C@@H](C)O[C@H](OC4CC[C@@]5(C)C(=CCC6C5CC[C@@]5(C)C6CC6OC7(CC[C@@H](C)CO7)[C@@H](C)C65O)C4)[C@@H]3O[C@H]3OC[C@H](O)[C@H](O)[C@H]3O)OC[C@@H]2O)O[C@H]1C. The maximum Gasteiger partial charge on any atom is 0.303 e. The Balaban J connectivity index is 0.854. The summed E-state index contributed by atoms with van der Waals surface area (Å²) in [5.74, 6) is -0.975. The fraction of sp³-hybridized carbons (Fsp3) is 0.925. The first kappa shape index (κ1) is 56.2. The van der Waals surface area contributed by atoms with Gasteiger partial charge in [0.25, 0.3) is 0 Å². The van der Waals surface area contributed by atoms with Crippen LogP contribution in [0, 0.1) is 40.4 Å². The molecule has 10 rings (SSSR count). The molecule has 0 aromatic carbocycles. The molecule has 426 valence electrons. The van der Waals surface area contributed by atoms with Crippen molar-refractivity contribution in [3.8, 4) is 0 Å². The number of fused-ring (bicyclic) bond motifs is 7. The third kappa shape index (κ3) is 9.66. The molecule has 0 aromatic heterocycles. The first-order chi connectivity index (χ1) is 35.4. The summed E-state index contributed by atoms with van der Waals surface area (Å²) >= 11 is 0. The number of allylic oxidation sites excluding steroid dienone is 1. The summed E-state index contributed by atoms with van der Waals surface area (Å²) in [7, 11) is 0. The van der Waals surface area contributed by atoms with Crippen molar-refractivity contribution in [3.05, 3.63) is 11.6 Å². The molecule has 22 heteroatoms. The van der Waals surface area contributed by atoms with E-state index in [0.29, 0.717) is 37.2 Å². The number of aliphatic hydroxyl groups excluding tert-OH is 7. The van der Waals surface area contributed by atoms with Gasteiger partial charge >= 0.3 is 11.9 Å².